The highest BCUT2D eigenvalue weighted by atomic mass is 16.5. The molecule has 1 aromatic heterocycles. The van der Waals surface area contributed by atoms with Crippen molar-refractivity contribution in [2.24, 2.45) is 0 Å². The fourth-order valence-corrected chi connectivity index (χ4v) is 7.22. The van der Waals surface area contributed by atoms with Crippen molar-refractivity contribution in [3.8, 4) is 22.3 Å². The van der Waals surface area contributed by atoms with Crippen LogP contribution in [-0.2, 0) is 9.53 Å². The summed E-state index contributed by atoms with van der Waals surface area (Å²) in [4.78, 5) is 49.0. The van der Waals surface area contributed by atoms with Gasteiger partial charge in [0.1, 0.15) is 0 Å². The Bertz CT molecular complexity index is 2130. The van der Waals surface area contributed by atoms with Crippen molar-refractivity contribution in [1.29, 1.82) is 0 Å². The van der Waals surface area contributed by atoms with Gasteiger partial charge in [-0.25, -0.2) is 4.98 Å². The van der Waals surface area contributed by atoms with Crippen molar-refractivity contribution in [3.05, 3.63) is 126 Å². The van der Waals surface area contributed by atoms with E-state index in [4.69, 9.17) is 9.72 Å². The van der Waals surface area contributed by atoms with Gasteiger partial charge in [0.2, 0.25) is 11.7 Å². The van der Waals surface area contributed by atoms with Gasteiger partial charge < -0.3 is 10.1 Å². The number of benzene rings is 4. The van der Waals surface area contributed by atoms with Crippen molar-refractivity contribution in [2.75, 3.05) is 31.2 Å². The third-order valence-corrected chi connectivity index (χ3v) is 9.86. The van der Waals surface area contributed by atoms with E-state index in [1.165, 1.54) is 11.8 Å². The number of carbonyl (C=O) groups is 3. The lowest BCUT2D eigenvalue weighted by atomic mass is 9.91. The summed E-state index contributed by atoms with van der Waals surface area (Å²) in [7, 11) is 0. The molecule has 2 amide bonds. The number of nitrogens with one attached hydrogen (secondary N) is 1. The molecular formula is C41H36N4O4. The van der Waals surface area contributed by atoms with E-state index in [1.807, 2.05) is 60.7 Å². The second kappa shape index (κ2) is 12.9. The summed E-state index contributed by atoms with van der Waals surface area (Å²) >= 11 is 0. The first-order valence-corrected chi connectivity index (χ1v) is 16.8. The van der Waals surface area contributed by atoms with Crippen molar-refractivity contribution in [3.63, 3.8) is 0 Å². The number of aromatic nitrogens is 1. The summed E-state index contributed by atoms with van der Waals surface area (Å²) in [6, 6.07) is 33.7. The number of rotatable bonds is 6. The van der Waals surface area contributed by atoms with Crippen molar-refractivity contribution >= 4 is 40.3 Å². The lowest BCUT2D eigenvalue weighted by molar-refractivity contribution is -0.116. The molecule has 2 fully saturated rings. The number of piperidine rings is 1. The Kier molecular flexibility index (Phi) is 8.11. The molecule has 4 aromatic carbocycles. The average molecular weight is 649 g/mol. The lowest BCUT2D eigenvalue weighted by Gasteiger charge is -2.41. The van der Waals surface area contributed by atoms with Gasteiger partial charge in [-0.05, 0) is 77.6 Å². The van der Waals surface area contributed by atoms with Crippen LogP contribution in [0, 0.1) is 0 Å². The van der Waals surface area contributed by atoms with Crippen LogP contribution in [0.25, 0.3) is 39.2 Å². The quantitative estimate of drug-likeness (QED) is 0.205. The summed E-state index contributed by atoms with van der Waals surface area (Å²) < 4.78 is 5.37. The molecule has 0 spiro atoms. The molecule has 3 aliphatic heterocycles. The van der Waals surface area contributed by atoms with Crippen LogP contribution in [0.4, 0.5) is 5.69 Å². The van der Waals surface area contributed by atoms with Crippen molar-refractivity contribution in [1.82, 2.24) is 15.2 Å². The lowest BCUT2D eigenvalue weighted by Crippen LogP contribution is -2.54. The minimum Gasteiger partial charge on any atom is -0.378 e. The number of nitrogens with zero attached hydrogens (tertiary/aromatic N) is 3. The van der Waals surface area contributed by atoms with Gasteiger partial charge in [0.05, 0.1) is 41.9 Å². The Morgan fingerprint density at radius 2 is 1.51 bits per heavy atom. The van der Waals surface area contributed by atoms with E-state index in [0.29, 0.717) is 34.1 Å². The van der Waals surface area contributed by atoms with E-state index < -0.39 is 0 Å². The number of hydrogen-bond donors (Lipinski definition) is 1. The second-order valence-electron chi connectivity index (χ2n) is 12.9. The van der Waals surface area contributed by atoms with Gasteiger partial charge in [-0.3, -0.25) is 24.2 Å². The predicted molar refractivity (Wildman–Crippen MR) is 191 cm³/mol. The summed E-state index contributed by atoms with van der Waals surface area (Å²) in [5.41, 5.74) is 7.02. The Balaban J connectivity index is 1.20. The summed E-state index contributed by atoms with van der Waals surface area (Å²) in [6.45, 7) is 4.96. The van der Waals surface area contributed by atoms with E-state index in [9.17, 15) is 14.4 Å². The normalized spacial score (nSPS) is 17.7. The molecule has 0 atom stereocenters. The SMILES string of the molecule is CC(=O)N1/C(=C\c2cc(-c3ccccc3-c3ccccc3)c3cc(C(=O)NC4CCN(C5COC5)CC4)ccc3n2)C(=O)c2ccccc21. The van der Waals surface area contributed by atoms with E-state index in [1.54, 1.807) is 24.3 Å². The van der Waals surface area contributed by atoms with Crippen LogP contribution in [0.1, 0.15) is 46.2 Å². The minimum atomic E-state index is -0.252. The molecule has 5 aromatic rings. The van der Waals surface area contributed by atoms with Crippen molar-refractivity contribution < 1.29 is 19.1 Å². The molecule has 0 saturated carbocycles. The highest BCUT2D eigenvalue weighted by Crippen LogP contribution is 2.39. The van der Waals surface area contributed by atoms with Crippen LogP contribution in [0.5, 0.6) is 0 Å². The first kappa shape index (κ1) is 30.9. The monoisotopic (exact) mass is 648 g/mol. The van der Waals surface area contributed by atoms with Gasteiger partial charge in [0, 0.05) is 42.6 Å². The van der Waals surface area contributed by atoms with Gasteiger partial charge in [-0.2, -0.15) is 0 Å². The number of ether oxygens (including phenoxy) is 1. The highest BCUT2D eigenvalue weighted by Gasteiger charge is 2.35. The van der Waals surface area contributed by atoms with Crippen molar-refractivity contribution in [2.45, 2.75) is 31.8 Å². The zero-order chi connectivity index (χ0) is 33.5. The standard InChI is InChI=1S/C41H36N4O4/c1-26(46)45-38-14-8-7-13-34(38)40(47)39(45)23-30-22-35(33-12-6-5-11-32(33)27-9-3-2-4-10-27)36-21-28(15-16-37(36)42-30)41(48)43-29-17-19-44(20-18-29)31-24-49-25-31/h2-16,21-23,29,31H,17-20,24-25H2,1H3,(H,43,48)/b39-23-. The summed E-state index contributed by atoms with van der Waals surface area (Å²) in [6.07, 6.45) is 3.51. The third-order valence-electron chi connectivity index (χ3n) is 9.86. The number of ketones is 1. The Labute approximate surface area is 285 Å². The zero-order valence-electron chi connectivity index (χ0n) is 27.3. The minimum absolute atomic E-state index is 0.104. The number of hydrogen-bond acceptors (Lipinski definition) is 6. The largest absolute Gasteiger partial charge is 0.378 e. The molecule has 0 unspecified atom stereocenters. The van der Waals surface area contributed by atoms with Crippen LogP contribution < -0.4 is 10.2 Å². The van der Waals surface area contributed by atoms with Crippen LogP contribution >= 0.6 is 0 Å². The van der Waals surface area contributed by atoms with Gasteiger partial charge >= 0.3 is 0 Å². The number of fused-ring (bicyclic) bond motifs is 2. The molecule has 0 bridgehead atoms. The molecule has 49 heavy (non-hydrogen) atoms. The number of pyridine rings is 1. The van der Waals surface area contributed by atoms with Gasteiger partial charge in [-0.15, -0.1) is 0 Å². The number of anilines is 1. The molecule has 3 aliphatic rings. The van der Waals surface area contributed by atoms with Crippen LogP contribution in [0.15, 0.2) is 109 Å². The maximum Gasteiger partial charge on any atom is 0.251 e. The zero-order valence-corrected chi connectivity index (χ0v) is 27.3. The number of likely N-dealkylation sites (tertiary alicyclic amines) is 1. The highest BCUT2D eigenvalue weighted by molar-refractivity contribution is 6.26. The first-order valence-electron chi connectivity index (χ1n) is 16.8. The van der Waals surface area contributed by atoms with E-state index >= 15 is 0 Å². The second-order valence-corrected chi connectivity index (χ2v) is 12.9. The molecule has 2 saturated heterocycles. The number of carbonyl (C=O) groups excluding carboxylic acids is 3. The number of para-hydroxylation sites is 1. The molecule has 244 valence electrons. The average Bonchev–Trinajstić information content (AvgIpc) is 3.39. The summed E-state index contributed by atoms with van der Waals surface area (Å²) in [5, 5.41) is 4.10. The van der Waals surface area contributed by atoms with Crippen LogP contribution in [-0.4, -0.2) is 65.9 Å². The number of Topliss-reactive ketones (excluding diaryl/α,β-unsaturated/α-hetero) is 1. The van der Waals surface area contributed by atoms with E-state index in [2.05, 4.69) is 34.5 Å². The molecule has 8 nitrogen and oxygen atoms in total. The Hall–Kier alpha value is -5.44. The predicted octanol–water partition coefficient (Wildman–Crippen LogP) is 6.75. The third kappa shape index (κ3) is 5.83. The molecule has 0 radical (unpaired) electrons. The first-order chi connectivity index (χ1) is 23.9. The fraction of sp³-hybridized carbons (Fsp3) is 0.220. The molecule has 8 heteroatoms. The molecule has 1 N–H and O–H groups in total. The number of allylic oxidation sites excluding steroid dienone is 1. The van der Waals surface area contributed by atoms with Crippen LogP contribution in [0.2, 0.25) is 0 Å². The van der Waals surface area contributed by atoms with E-state index in [0.717, 1.165) is 66.8 Å². The fourth-order valence-electron chi connectivity index (χ4n) is 7.22. The molecule has 0 aliphatic carbocycles. The molecular weight excluding hydrogens is 612 g/mol. The van der Waals surface area contributed by atoms with Gasteiger partial charge in [0.25, 0.3) is 5.91 Å². The Morgan fingerprint density at radius 3 is 2.22 bits per heavy atom. The summed E-state index contributed by atoms with van der Waals surface area (Å²) in [5.74, 6) is -0.580. The van der Waals surface area contributed by atoms with Gasteiger partial charge in [-0.1, -0.05) is 66.7 Å². The number of amides is 2. The van der Waals surface area contributed by atoms with Gasteiger partial charge in [0.15, 0.2) is 0 Å². The van der Waals surface area contributed by atoms with E-state index in [-0.39, 0.29) is 29.3 Å². The topological polar surface area (TPSA) is 91.8 Å². The maximum atomic E-state index is 13.7. The maximum absolute atomic E-state index is 13.7. The Morgan fingerprint density at radius 1 is 0.816 bits per heavy atom. The molecule has 4 heterocycles. The smallest absolute Gasteiger partial charge is 0.251 e. The van der Waals surface area contributed by atoms with Crippen LogP contribution in [0.3, 0.4) is 0 Å². The molecule has 8 rings (SSSR count).